The smallest absolute Gasteiger partial charge is 0.339 e. The van der Waals surface area contributed by atoms with Gasteiger partial charge in [-0.2, -0.15) is 5.10 Å². The van der Waals surface area contributed by atoms with Crippen LogP contribution in [0.1, 0.15) is 56.1 Å². The van der Waals surface area contributed by atoms with Crippen molar-refractivity contribution in [3.63, 3.8) is 0 Å². The number of nitrogens with zero attached hydrogens (tertiary/aromatic N) is 3. The Morgan fingerprint density at radius 3 is 2.48 bits per heavy atom. The van der Waals surface area contributed by atoms with Gasteiger partial charge in [0.05, 0.1) is 11.4 Å². The van der Waals surface area contributed by atoms with Gasteiger partial charge in [-0.15, -0.1) is 0 Å². The number of carbonyl (C=O) groups is 2. The molecule has 1 aromatic carbocycles. The average Bonchev–Trinajstić information content (AvgIpc) is 3.24. The van der Waals surface area contributed by atoms with E-state index in [-0.39, 0.29) is 17.2 Å². The van der Waals surface area contributed by atoms with Gasteiger partial charge >= 0.3 is 5.97 Å². The number of furan rings is 1. The summed E-state index contributed by atoms with van der Waals surface area (Å²) in [7, 11) is 1.67. The number of para-hydroxylation sites is 1. The van der Waals surface area contributed by atoms with E-state index >= 15 is 0 Å². The van der Waals surface area contributed by atoms with Crippen LogP contribution in [0.3, 0.4) is 0 Å². The first-order chi connectivity index (χ1) is 13.7. The number of carboxylic acid groups (broad SMARTS) is 1. The van der Waals surface area contributed by atoms with Gasteiger partial charge < -0.3 is 14.4 Å². The van der Waals surface area contributed by atoms with Crippen LogP contribution >= 0.6 is 0 Å². The highest BCUT2D eigenvalue weighted by Gasteiger charge is 2.24. The van der Waals surface area contributed by atoms with Crippen molar-refractivity contribution in [1.82, 2.24) is 14.7 Å². The van der Waals surface area contributed by atoms with E-state index in [0.29, 0.717) is 18.7 Å². The molecule has 152 valence electrons. The van der Waals surface area contributed by atoms with Crippen LogP contribution < -0.4 is 0 Å². The number of hydrogen-bond donors (Lipinski definition) is 1. The Kier molecular flexibility index (Phi) is 5.59. The lowest BCUT2D eigenvalue weighted by Crippen LogP contribution is -2.26. The van der Waals surface area contributed by atoms with E-state index in [9.17, 15) is 14.7 Å². The fourth-order valence-corrected chi connectivity index (χ4v) is 3.41. The lowest BCUT2D eigenvalue weighted by atomic mass is 10.1. The van der Waals surface area contributed by atoms with Crippen molar-refractivity contribution in [2.45, 2.75) is 40.7 Å². The van der Waals surface area contributed by atoms with Crippen LogP contribution in [0.5, 0.6) is 0 Å². The second-order valence-electron chi connectivity index (χ2n) is 7.12. The molecule has 0 atom stereocenters. The van der Waals surface area contributed by atoms with Crippen molar-refractivity contribution in [2.75, 3.05) is 7.05 Å². The summed E-state index contributed by atoms with van der Waals surface area (Å²) in [5, 5.41) is 13.9. The van der Waals surface area contributed by atoms with E-state index in [4.69, 9.17) is 4.42 Å². The molecule has 0 radical (unpaired) electrons. The second kappa shape index (κ2) is 7.95. The summed E-state index contributed by atoms with van der Waals surface area (Å²) >= 11 is 0. The molecule has 7 heteroatoms. The van der Waals surface area contributed by atoms with Crippen LogP contribution in [0.15, 0.2) is 34.7 Å². The molecule has 3 rings (SSSR count). The maximum absolute atomic E-state index is 12.8. The molecule has 0 bridgehead atoms. The third-order valence-corrected chi connectivity index (χ3v) is 5.10. The van der Waals surface area contributed by atoms with E-state index < -0.39 is 5.97 Å². The highest BCUT2D eigenvalue weighted by molar-refractivity contribution is 5.96. The van der Waals surface area contributed by atoms with Crippen molar-refractivity contribution < 1.29 is 19.1 Å². The summed E-state index contributed by atoms with van der Waals surface area (Å²) in [4.78, 5) is 25.7. The molecular formula is C22H25N3O4. The molecule has 1 N–H and O–H groups in total. The first-order valence-electron chi connectivity index (χ1n) is 9.47. The van der Waals surface area contributed by atoms with Crippen LogP contribution in [-0.4, -0.2) is 38.7 Å². The largest absolute Gasteiger partial charge is 0.478 e. The van der Waals surface area contributed by atoms with Crippen LogP contribution in [-0.2, 0) is 13.0 Å². The molecule has 0 aliphatic carbocycles. The van der Waals surface area contributed by atoms with Crippen LogP contribution in [0.2, 0.25) is 0 Å². The summed E-state index contributed by atoms with van der Waals surface area (Å²) in [6, 6.07) is 9.30. The zero-order chi connectivity index (χ0) is 21.3. The number of aromatic nitrogens is 2. The number of benzene rings is 1. The Morgan fingerprint density at radius 1 is 1.21 bits per heavy atom. The quantitative estimate of drug-likeness (QED) is 0.683. The molecule has 0 aliphatic rings. The summed E-state index contributed by atoms with van der Waals surface area (Å²) in [5.74, 6) is -1.13. The van der Waals surface area contributed by atoms with Gasteiger partial charge in [0.15, 0.2) is 5.76 Å². The van der Waals surface area contributed by atoms with Crippen molar-refractivity contribution in [3.8, 4) is 5.69 Å². The third-order valence-electron chi connectivity index (χ3n) is 5.10. The van der Waals surface area contributed by atoms with Gasteiger partial charge in [0.25, 0.3) is 5.91 Å². The van der Waals surface area contributed by atoms with Crippen LogP contribution in [0.25, 0.3) is 5.69 Å². The van der Waals surface area contributed by atoms with Gasteiger partial charge in [-0.25, -0.2) is 9.48 Å². The second-order valence-corrected chi connectivity index (χ2v) is 7.12. The summed E-state index contributed by atoms with van der Waals surface area (Å²) in [6.07, 6.45) is 0.403. The molecule has 3 aromatic rings. The highest BCUT2D eigenvalue weighted by atomic mass is 16.4. The van der Waals surface area contributed by atoms with Crippen molar-refractivity contribution in [3.05, 3.63) is 69.9 Å². The minimum Gasteiger partial charge on any atom is -0.478 e. The zero-order valence-corrected chi connectivity index (χ0v) is 17.3. The van der Waals surface area contributed by atoms with Gasteiger partial charge in [-0.05, 0) is 32.4 Å². The standard InChI is InChI=1S/C22H25N3O4/c1-6-19-16(22(27)28)11-20(29-19)21(26)24(5)12-17-14(3)23-25(15(17)4)18-10-8-7-9-13(18)2/h7-11H,6,12H2,1-5H3,(H,27,28). The zero-order valence-electron chi connectivity index (χ0n) is 17.3. The Labute approximate surface area is 169 Å². The third kappa shape index (κ3) is 3.81. The molecule has 0 saturated heterocycles. The monoisotopic (exact) mass is 395 g/mol. The van der Waals surface area contributed by atoms with E-state index in [1.54, 1.807) is 14.0 Å². The van der Waals surface area contributed by atoms with E-state index in [0.717, 1.165) is 28.2 Å². The number of amides is 1. The molecule has 2 heterocycles. The van der Waals surface area contributed by atoms with Crippen LogP contribution in [0, 0.1) is 20.8 Å². The van der Waals surface area contributed by atoms with E-state index in [1.165, 1.54) is 11.0 Å². The minimum absolute atomic E-state index is 0.0309. The molecule has 0 saturated carbocycles. The van der Waals surface area contributed by atoms with Gasteiger partial charge in [0.1, 0.15) is 11.3 Å². The predicted octanol–water partition coefficient (Wildman–Crippen LogP) is 3.92. The Morgan fingerprint density at radius 2 is 1.90 bits per heavy atom. The lowest BCUT2D eigenvalue weighted by molar-refractivity contribution is 0.0692. The maximum atomic E-state index is 12.8. The van der Waals surface area contributed by atoms with Gasteiger partial charge in [-0.3, -0.25) is 4.79 Å². The average molecular weight is 395 g/mol. The predicted molar refractivity (Wildman–Crippen MR) is 109 cm³/mol. The molecule has 0 spiro atoms. The molecule has 2 aromatic heterocycles. The molecular weight excluding hydrogens is 370 g/mol. The molecule has 0 fully saturated rings. The van der Waals surface area contributed by atoms with E-state index in [1.807, 2.05) is 49.7 Å². The van der Waals surface area contributed by atoms with Gasteiger partial charge in [0.2, 0.25) is 0 Å². The Hall–Kier alpha value is -3.35. The minimum atomic E-state index is -1.10. The van der Waals surface area contributed by atoms with Gasteiger partial charge in [-0.1, -0.05) is 25.1 Å². The summed E-state index contributed by atoms with van der Waals surface area (Å²) in [6.45, 7) is 8.05. The van der Waals surface area contributed by atoms with Crippen molar-refractivity contribution in [1.29, 1.82) is 0 Å². The fourth-order valence-electron chi connectivity index (χ4n) is 3.41. The van der Waals surface area contributed by atoms with E-state index in [2.05, 4.69) is 5.10 Å². The normalized spacial score (nSPS) is 10.9. The SMILES string of the molecule is CCc1oc(C(=O)N(C)Cc2c(C)nn(-c3ccccc3C)c2C)cc1C(=O)O. The maximum Gasteiger partial charge on any atom is 0.339 e. The Balaban J connectivity index is 1.88. The number of rotatable bonds is 6. The first-order valence-corrected chi connectivity index (χ1v) is 9.47. The summed E-state index contributed by atoms with van der Waals surface area (Å²) < 4.78 is 7.40. The number of aryl methyl sites for hydroxylation is 3. The number of hydrogen-bond acceptors (Lipinski definition) is 4. The molecule has 1 amide bonds. The first kappa shape index (κ1) is 20.4. The van der Waals surface area contributed by atoms with Gasteiger partial charge in [0, 0.05) is 37.3 Å². The number of aromatic carboxylic acids is 1. The topological polar surface area (TPSA) is 88.6 Å². The number of carboxylic acids is 1. The highest BCUT2D eigenvalue weighted by Crippen LogP contribution is 2.23. The number of carbonyl (C=O) groups excluding carboxylic acids is 1. The lowest BCUT2D eigenvalue weighted by Gasteiger charge is -2.16. The fraction of sp³-hybridized carbons (Fsp3) is 0.318. The Bertz CT molecular complexity index is 1080. The molecule has 29 heavy (non-hydrogen) atoms. The summed E-state index contributed by atoms with van der Waals surface area (Å²) in [5.41, 5.74) is 4.88. The van der Waals surface area contributed by atoms with Crippen molar-refractivity contribution in [2.24, 2.45) is 0 Å². The molecule has 0 unspecified atom stereocenters. The molecule has 0 aliphatic heterocycles. The molecule has 7 nitrogen and oxygen atoms in total. The van der Waals surface area contributed by atoms with Crippen LogP contribution in [0.4, 0.5) is 0 Å². The van der Waals surface area contributed by atoms with Crippen molar-refractivity contribution >= 4 is 11.9 Å².